The molecule has 4 rings (SSSR count). The number of carbonyl (C=O) groups is 1. The van der Waals surface area contributed by atoms with Gasteiger partial charge in [-0.1, -0.05) is 23.7 Å². The third kappa shape index (κ3) is 5.07. The van der Waals surface area contributed by atoms with Gasteiger partial charge in [0.2, 0.25) is 0 Å². The molecule has 174 valence electrons. The lowest BCUT2D eigenvalue weighted by molar-refractivity contribution is 0.0648. The molecule has 1 aromatic heterocycles. The van der Waals surface area contributed by atoms with Crippen LogP contribution < -0.4 is 10.2 Å². The first-order chi connectivity index (χ1) is 15.7. The van der Waals surface area contributed by atoms with Gasteiger partial charge in [-0.3, -0.25) is 9.59 Å². The van der Waals surface area contributed by atoms with E-state index in [0.29, 0.717) is 29.4 Å². The normalized spacial score (nSPS) is 17.2. The molecule has 0 bridgehead atoms. The Labute approximate surface area is 196 Å². The van der Waals surface area contributed by atoms with Crippen LogP contribution in [-0.4, -0.2) is 43.4 Å². The minimum atomic E-state index is -3.24. The van der Waals surface area contributed by atoms with Gasteiger partial charge in [0.15, 0.2) is 21.0 Å². The summed E-state index contributed by atoms with van der Waals surface area (Å²) >= 11 is 6.12. The molecule has 0 N–H and O–H groups in total. The van der Waals surface area contributed by atoms with Crippen LogP contribution in [0.25, 0.3) is 11.0 Å². The predicted molar refractivity (Wildman–Crippen MR) is 127 cm³/mol. The number of hydrogen-bond donors (Lipinski definition) is 0. The number of fused-ring (bicyclic) bond motifs is 1. The van der Waals surface area contributed by atoms with Gasteiger partial charge in [-0.2, -0.15) is 0 Å². The minimum Gasteiger partial charge on any atom is -0.494 e. The van der Waals surface area contributed by atoms with Crippen molar-refractivity contribution in [2.75, 3.05) is 18.1 Å². The zero-order valence-electron chi connectivity index (χ0n) is 18.3. The van der Waals surface area contributed by atoms with Crippen molar-refractivity contribution in [3.63, 3.8) is 0 Å². The Bertz CT molecular complexity index is 1360. The first-order valence-electron chi connectivity index (χ1n) is 10.6. The molecule has 0 radical (unpaired) electrons. The number of hydrogen-bond acceptors (Lipinski definition) is 6. The summed E-state index contributed by atoms with van der Waals surface area (Å²) in [5.74, 6) is -0.0639. The van der Waals surface area contributed by atoms with E-state index in [1.807, 2.05) is 19.1 Å². The second-order valence-corrected chi connectivity index (χ2v) is 10.8. The highest BCUT2D eigenvalue weighted by Gasteiger charge is 2.36. The summed E-state index contributed by atoms with van der Waals surface area (Å²) in [6.07, 6.45) is 0.331. The summed E-state index contributed by atoms with van der Waals surface area (Å²) < 4.78 is 35.5. The summed E-state index contributed by atoms with van der Waals surface area (Å²) in [6.45, 7) is 4.38. The summed E-state index contributed by atoms with van der Waals surface area (Å²) in [5.41, 5.74) is 1.39. The number of rotatable bonds is 6. The van der Waals surface area contributed by atoms with E-state index in [1.54, 1.807) is 25.1 Å². The fourth-order valence-corrected chi connectivity index (χ4v) is 5.86. The Morgan fingerprint density at radius 2 is 1.94 bits per heavy atom. The number of carbonyl (C=O) groups excluding carboxylic acids is 1. The van der Waals surface area contributed by atoms with Gasteiger partial charge in [0.25, 0.3) is 5.91 Å². The molecule has 1 unspecified atom stereocenters. The highest BCUT2D eigenvalue weighted by molar-refractivity contribution is 7.91. The Morgan fingerprint density at radius 1 is 1.21 bits per heavy atom. The summed E-state index contributed by atoms with van der Waals surface area (Å²) in [4.78, 5) is 27.7. The van der Waals surface area contributed by atoms with Crippen LogP contribution in [-0.2, 0) is 16.4 Å². The van der Waals surface area contributed by atoms with Crippen LogP contribution in [0, 0.1) is 6.92 Å². The maximum absolute atomic E-state index is 13.5. The summed E-state index contributed by atoms with van der Waals surface area (Å²) in [7, 11) is -3.24. The van der Waals surface area contributed by atoms with Crippen LogP contribution in [0.15, 0.2) is 51.7 Å². The van der Waals surface area contributed by atoms with Crippen molar-refractivity contribution in [2.24, 2.45) is 0 Å². The van der Waals surface area contributed by atoms with Gasteiger partial charge in [-0.05, 0) is 55.7 Å². The second kappa shape index (κ2) is 9.19. The van der Waals surface area contributed by atoms with Gasteiger partial charge < -0.3 is 14.1 Å². The van der Waals surface area contributed by atoms with Gasteiger partial charge in [-0.25, -0.2) is 8.42 Å². The van der Waals surface area contributed by atoms with Crippen molar-refractivity contribution in [2.45, 2.75) is 32.9 Å². The monoisotopic (exact) mass is 489 g/mol. The quantitative estimate of drug-likeness (QED) is 0.519. The third-order valence-corrected chi connectivity index (χ3v) is 7.87. The van der Waals surface area contributed by atoms with Crippen LogP contribution in [0.4, 0.5) is 0 Å². The van der Waals surface area contributed by atoms with E-state index in [-0.39, 0.29) is 40.2 Å². The number of benzene rings is 2. The number of sulfone groups is 1. The maximum atomic E-state index is 13.5. The zero-order chi connectivity index (χ0) is 23.8. The van der Waals surface area contributed by atoms with Crippen LogP contribution in [0.1, 0.15) is 35.0 Å². The van der Waals surface area contributed by atoms with Crippen molar-refractivity contribution < 1.29 is 22.4 Å². The zero-order valence-corrected chi connectivity index (χ0v) is 19.9. The van der Waals surface area contributed by atoms with Crippen LogP contribution in [0.3, 0.4) is 0 Å². The molecule has 7 nitrogen and oxygen atoms in total. The smallest absolute Gasteiger partial charge is 0.290 e. The lowest BCUT2D eigenvalue weighted by atomic mass is 10.1. The minimum absolute atomic E-state index is 0.0179. The lowest BCUT2D eigenvalue weighted by Crippen LogP contribution is -2.40. The number of ether oxygens (including phenoxy) is 1. The summed E-state index contributed by atoms with van der Waals surface area (Å²) in [6, 6.07) is 11.0. The van der Waals surface area contributed by atoms with Crippen molar-refractivity contribution in [3.05, 3.63) is 74.6 Å². The van der Waals surface area contributed by atoms with E-state index in [0.717, 1.165) is 11.6 Å². The van der Waals surface area contributed by atoms with E-state index < -0.39 is 21.8 Å². The van der Waals surface area contributed by atoms with E-state index in [1.165, 1.54) is 11.0 Å². The Balaban J connectivity index is 1.71. The average molecular weight is 490 g/mol. The molecule has 0 spiro atoms. The molecule has 1 aliphatic rings. The topological polar surface area (TPSA) is 93.9 Å². The van der Waals surface area contributed by atoms with Crippen molar-refractivity contribution in [1.82, 2.24) is 4.90 Å². The molecule has 1 amide bonds. The van der Waals surface area contributed by atoms with Crippen LogP contribution in [0.2, 0.25) is 5.02 Å². The Kier molecular flexibility index (Phi) is 6.50. The van der Waals surface area contributed by atoms with Crippen molar-refractivity contribution in [3.8, 4) is 5.75 Å². The Morgan fingerprint density at radius 3 is 2.58 bits per heavy atom. The molecule has 33 heavy (non-hydrogen) atoms. The SMILES string of the molecule is CCOc1ccc(CN(C(=O)c2cc(=O)c3cc(Cl)c(C)cc3o2)C2CCS(=O)(=O)C2)cc1. The highest BCUT2D eigenvalue weighted by atomic mass is 35.5. The first kappa shape index (κ1) is 23.3. The second-order valence-electron chi connectivity index (χ2n) is 8.14. The maximum Gasteiger partial charge on any atom is 0.290 e. The van der Waals surface area contributed by atoms with Crippen molar-refractivity contribution >= 4 is 38.3 Å². The molecule has 9 heteroatoms. The van der Waals surface area contributed by atoms with Gasteiger partial charge in [0.1, 0.15) is 11.3 Å². The largest absolute Gasteiger partial charge is 0.494 e. The molecule has 1 saturated heterocycles. The predicted octanol–water partition coefficient (Wildman–Crippen LogP) is 3.98. The summed E-state index contributed by atoms with van der Waals surface area (Å²) in [5, 5.41) is 0.714. The average Bonchev–Trinajstić information content (AvgIpc) is 3.13. The molecular weight excluding hydrogens is 466 g/mol. The molecule has 0 aliphatic carbocycles. The third-order valence-electron chi connectivity index (χ3n) is 5.72. The fourth-order valence-electron chi connectivity index (χ4n) is 3.97. The van der Waals surface area contributed by atoms with Crippen LogP contribution >= 0.6 is 11.6 Å². The molecule has 2 aromatic carbocycles. The molecule has 3 aromatic rings. The lowest BCUT2D eigenvalue weighted by Gasteiger charge is -2.28. The molecule has 1 aliphatic heterocycles. The molecule has 2 heterocycles. The van der Waals surface area contributed by atoms with E-state index in [4.69, 9.17) is 20.8 Å². The number of amides is 1. The number of nitrogens with zero attached hydrogens (tertiary/aromatic N) is 1. The van der Waals surface area contributed by atoms with E-state index in [9.17, 15) is 18.0 Å². The fraction of sp³-hybridized carbons (Fsp3) is 0.333. The first-order valence-corrected chi connectivity index (χ1v) is 12.8. The standard InChI is InChI=1S/C24H24ClNO6S/c1-3-31-18-6-4-16(5-7-18)13-26(17-8-9-33(29,30)14-17)24(28)23-12-21(27)19-11-20(25)15(2)10-22(19)32-23/h4-7,10-12,17H,3,8-9,13-14H2,1-2H3. The van der Waals surface area contributed by atoms with Gasteiger partial charge in [0, 0.05) is 23.7 Å². The van der Waals surface area contributed by atoms with Crippen LogP contribution in [0.5, 0.6) is 5.75 Å². The van der Waals surface area contributed by atoms with E-state index in [2.05, 4.69) is 0 Å². The Hall–Kier alpha value is -2.84. The molecule has 1 fully saturated rings. The number of halogens is 1. The van der Waals surface area contributed by atoms with Crippen molar-refractivity contribution in [1.29, 1.82) is 0 Å². The highest BCUT2D eigenvalue weighted by Crippen LogP contribution is 2.26. The number of aryl methyl sites for hydroxylation is 1. The molecular formula is C24H24ClNO6S. The molecule has 0 saturated carbocycles. The van der Waals surface area contributed by atoms with Gasteiger partial charge >= 0.3 is 0 Å². The van der Waals surface area contributed by atoms with Gasteiger partial charge in [0.05, 0.1) is 23.5 Å². The molecule has 1 atom stereocenters. The van der Waals surface area contributed by atoms with Gasteiger partial charge in [-0.15, -0.1) is 0 Å². The van der Waals surface area contributed by atoms with E-state index >= 15 is 0 Å².